The average molecular weight is 324 g/mol. The molecule has 3 N–H and O–H groups in total. The van der Waals surface area contributed by atoms with Gasteiger partial charge in [0.2, 0.25) is 0 Å². The van der Waals surface area contributed by atoms with Crippen molar-refractivity contribution in [3.63, 3.8) is 0 Å². The number of nitrogens with one attached hydrogen (secondary N) is 2. The third-order valence-electron chi connectivity index (χ3n) is 3.40. The zero-order valence-electron chi connectivity index (χ0n) is 13.7. The number of carbonyl (C=O) groups is 2. The van der Waals surface area contributed by atoms with Crippen molar-refractivity contribution in [2.45, 2.75) is 25.8 Å². The maximum Gasteiger partial charge on any atom is 0.309 e. The topological polar surface area (TPSA) is 96.9 Å². The molecule has 128 valence electrons. The van der Waals surface area contributed by atoms with Crippen LogP contribution in [0.1, 0.15) is 18.9 Å². The van der Waals surface area contributed by atoms with Crippen molar-refractivity contribution in [3.8, 4) is 11.5 Å². The maximum absolute atomic E-state index is 11.7. The minimum atomic E-state index is -0.738. The second kappa shape index (κ2) is 9.68. The monoisotopic (exact) mass is 324 g/mol. The highest BCUT2D eigenvalue weighted by molar-refractivity contribution is 6.35. The minimum absolute atomic E-state index is 0.193. The first-order chi connectivity index (χ1) is 11.0. The lowest BCUT2D eigenvalue weighted by atomic mass is 10.1. The van der Waals surface area contributed by atoms with Gasteiger partial charge in [0.1, 0.15) is 0 Å². The fraction of sp³-hybridized carbons (Fsp3) is 0.500. The molecule has 0 aromatic heterocycles. The molecule has 0 aliphatic carbocycles. The molecule has 0 unspecified atom stereocenters. The molecule has 7 nitrogen and oxygen atoms in total. The van der Waals surface area contributed by atoms with Crippen LogP contribution in [0.3, 0.4) is 0 Å². The van der Waals surface area contributed by atoms with E-state index in [1.165, 1.54) is 0 Å². The Labute approximate surface area is 136 Å². The van der Waals surface area contributed by atoms with Gasteiger partial charge in [-0.1, -0.05) is 13.0 Å². The quantitative estimate of drug-likeness (QED) is 0.596. The summed E-state index contributed by atoms with van der Waals surface area (Å²) in [4.78, 5) is 23.3. The molecule has 1 atom stereocenters. The van der Waals surface area contributed by atoms with Crippen molar-refractivity contribution in [2.24, 2.45) is 0 Å². The van der Waals surface area contributed by atoms with Crippen molar-refractivity contribution in [1.82, 2.24) is 10.6 Å². The average Bonchev–Trinajstić information content (AvgIpc) is 2.58. The Hall–Kier alpha value is -2.28. The number of ether oxygens (including phenoxy) is 2. The van der Waals surface area contributed by atoms with Crippen LogP contribution in [0.2, 0.25) is 0 Å². The van der Waals surface area contributed by atoms with Crippen molar-refractivity contribution in [3.05, 3.63) is 23.8 Å². The highest BCUT2D eigenvalue weighted by Gasteiger charge is 2.16. The van der Waals surface area contributed by atoms with E-state index in [0.29, 0.717) is 30.9 Å². The van der Waals surface area contributed by atoms with Crippen LogP contribution in [-0.4, -0.2) is 50.3 Å². The lowest BCUT2D eigenvalue weighted by molar-refractivity contribution is -0.139. The number of benzene rings is 1. The summed E-state index contributed by atoms with van der Waals surface area (Å²) in [5, 5.41) is 14.0. The lowest BCUT2D eigenvalue weighted by Crippen LogP contribution is -2.46. The molecule has 1 rings (SSSR count). The standard InChI is InChI=1S/C16H24N2O5/c1-4-12(10-19)18-16(21)15(20)17-8-7-11-5-6-13(22-2)14(9-11)23-3/h5-6,9,12,19H,4,7-8,10H2,1-3H3,(H,17,20)(H,18,21)/t12-/m0/s1. The Balaban J connectivity index is 2.47. The van der Waals surface area contributed by atoms with E-state index in [4.69, 9.17) is 14.6 Å². The van der Waals surface area contributed by atoms with Crippen LogP contribution in [0.5, 0.6) is 11.5 Å². The van der Waals surface area contributed by atoms with E-state index < -0.39 is 17.9 Å². The number of aliphatic hydroxyl groups excluding tert-OH is 1. The van der Waals surface area contributed by atoms with E-state index in [-0.39, 0.29) is 6.61 Å². The summed E-state index contributed by atoms with van der Waals surface area (Å²) in [6.07, 6.45) is 1.11. The summed E-state index contributed by atoms with van der Waals surface area (Å²) in [5.74, 6) is -0.201. The molecule has 0 aliphatic rings. The van der Waals surface area contributed by atoms with Crippen LogP contribution in [0.25, 0.3) is 0 Å². The number of amides is 2. The molecule has 1 aromatic rings. The second-order valence-corrected chi connectivity index (χ2v) is 4.96. The molecular formula is C16H24N2O5. The predicted molar refractivity (Wildman–Crippen MR) is 85.6 cm³/mol. The highest BCUT2D eigenvalue weighted by Crippen LogP contribution is 2.27. The molecule has 0 spiro atoms. The molecule has 0 aliphatic heterocycles. The van der Waals surface area contributed by atoms with E-state index in [1.54, 1.807) is 20.3 Å². The predicted octanol–water partition coefficient (Wildman–Crippen LogP) is 0.250. The summed E-state index contributed by atoms with van der Waals surface area (Å²) in [6, 6.07) is 5.07. The summed E-state index contributed by atoms with van der Waals surface area (Å²) < 4.78 is 10.4. The molecule has 0 saturated heterocycles. The molecule has 1 aromatic carbocycles. The molecule has 0 fully saturated rings. The SMILES string of the molecule is CC[C@@H](CO)NC(=O)C(=O)NCCc1ccc(OC)c(OC)c1. The van der Waals surface area contributed by atoms with E-state index in [9.17, 15) is 9.59 Å². The smallest absolute Gasteiger partial charge is 0.309 e. The van der Waals surface area contributed by atoms with Gasteiger partial charge in [-0.2, -0.15) is 0 Å². The molecule has 7 heteroatoms. The summed E-state index contributed by atoms with van der Waals surface area (Å²) in [6.45, 7) is 1.94. The van der Waals surface area contributed by atoms with Crippen molar-refractivity contribution in [2.75, 3.05) is 27.4 Å². The Kier molecular flexibility index (Phi) is 7.90. The van der Waals surface area contributed by atoms with E-state index in [1.807, 2.05) is 19.1 Å². The third-order valence-corrected chi connectivity index (χ3v) is 3.40. The van der Waals surface area contributed by atoms with Gasteiger partial charge >= 0.3 is 11.8 Å². The van der Waals surface area contributed by atoms with Gasteiger partial charge in [-0.15, -0.1) is 0 Å². The van der Waals surface area contributed by atoms with Gasteiger partial charge in [0, 0.05) is 6.54 Å². The van der Waals surface area contributed by atoms with Gasteiger partial charge in [-0.25, -0.2) is 0 Å². The number of hydrogen-bond donors (Lipinski definition) is 3. The maximum atomic E-state index is 11.7. The van der Waals surface area contributed by atoms with Gasteiger partial charge < -0.3 is 25.2 Å². The molecular weight excluding hydrogens is 300 g/mol. The number of rotatable bonds is 8. The van der Waals surface area contributed by atoms with Gasteiger partial charge in [0.25, 0.3) is 0 Å². The Morgan fingerprint density at radius 1 is 1.17 bits per heavy atom. The van der Waals surface area contributed by atoms with Gasteiger partial charge in [0.15, 0.2) is 11.5 Å². The first kappa shape index (κ1) is 18.8. The van der Waals surface area contributed by atoms with E-state index in [0.717, 1.165) is 5.56 Å². The van der Waals surface area contributed by atoms with Crippen LogP contribution < -0.4 is 20.1 Å². The molecule has 23 heavy (non-hydrogen) atoms. The van der Waals surface area contributed by atoms with Crippen LogP contribution >= 0.6 is 0 Å². The van der Waals surface area contributed by atoms with Crippen LogP contribution in [0.15, 0.2) is 18.2 Å². The van der Waals surface area contributed by atoms with Gasteiger partial charge in [0.05, 0.1) is 26.9 Å². The number of carbonyl (C=O) groups excluding carboxylic acids is 2. The Morgan fingerprint density at radius 2 is 1.87 bits per heavy atom. The van der Waals surface area contributed by atoms with Crippen molar-refractivity contribution < 1.29 is 24.2 Å². The summed E-state index contributed by atoms with van der Waals surface area (Å²) in [5.41, 5.74) is 0.949. The number of hydrogen-bond acceptors (Lipinski definition) is 5. The summed E-state index contributed by atoms with van der Waals surface area (Å²) >= 11 is 0. The highest BCUT2D eigenvalue weighted by atomic mass is 16.5. The van der Waals surface area contributed by atoms with Crippen LogP contribution in [0.4, 0.5) is 0 Å². The van der Waals surface area contributed by atoms with Crippen molar-refractivity contribution >= 4 is 11.8 Å². The second-order valence-electron chi connectivity index (χ2n) is 4.96. The van der Waals surface area contributed by atoms with Gasteiger partial charge in [-0.3, -0.25) is 9.59 Å². The van der Waals surface area contributed by atoms with Crippen LogP contribution in [-0.2, 0) is 16.0 Å². The fourth-order valence-corrected chi connectivity index (χ4v) is 1.96. The third kappa shape index (κ3) is 5.78. The Bertz CT molecular complexity index is 529. The van der Waals surface area contributed by atoms with E-state index in [2.05, 4.69) is 10.6 Å². The molecule has 0 heterocycles. The Morgan fingerprint density at radius 3 is 2.43 bits per heavy atom. The fourth-order valence-electron chi connectivity index (χ4n) is 1.96. The first-order valence-electron chi connectivity index (χ1n) is 7.46. The first-order valence-corrected chi connectivity index (χ1v) is 7.46. The molecule has 0 radical (unpaired) electrons. The molecule has 2 amide bonds. The largest absolute Gasteiger partial charge is 0.493 e. The molecule has 0 saturated carbocycles. The zero-order chi connectivity index (χ0) is 17.2. The summed E-state index contributed by atoms with van der Waals surface area (Å²) in [7, 11) is 3.12. The lowest BCUT2D eigenvalue weighted by Gasteiger charge is -2.13. The zero-order valence-corrected chi connectivity index (χ0v) is 13.7. The molecule has 0 bridgehead atoms. The minimum Gasteiger partial charge on any atom is -0.493 e. The van der Waals surface area contributed by atoms with Crippen molar-refractivity contribution in [1.29, 1.82) is 0 Å². The van der Waals surface area contributed by atoms with E-state index >= 15 is 0 Å². The normalized spacial score (nSPS) is 11.5. The van der Waals surface area contributed by atoms with Crippen LogP contribution in [0, 0.1) is 0 Å². The number of methoxy groups -OCH3 is 2. The number of aliphatic hydroxyl groups is 1. The van der Waals surface area contributed by atoms with Gasteiger partial charge in [-0.05, 0) is 30.5 Å².